The number of benzene rings is 1. The number of para-hydroxylation sites is 1. The van der Waals surface area contributed by atoms with E-state index in [4.69, 9.17) is 11.6 Å². The molecule has 3 nitrogen and oxygen atoms in total. The van der Waals surface area contributed by atoms with Gasteiger partial charge in [-0.2, -0.15) is 5.10 Å². The van der Waals surface area contributed by atoms with Gasteiger partial charge in [0.2, 0.25) is 0 Å². The molecule has 1 N–H and O–H groups in total. The average molecular weight is 207 g/mol. The molecule has 0 aliphatic heterocycles. The van der Waals surface area contributed by atoms with Crippen molar-refractivity contribution in [3.63, 3.8) is 0 Å². The lowest BCUT2D eigenvalue weighted by molar-refractivity contribution is 0.477. The number of halogens is 1. The Balaban J connectivity index is 2.55. The van der Waals surface area contributed by atoms with Crippen molar-refractivity contribution in [3.05, 3.63) is 41.7 Å². The Labute approximate surface area is 86.0 Å². The molecule has 70 valence electrons. The first-order chi connectivity index (χ1) is 6.77. The van der Waals surface area contributed by atoms with Gasteiger partial charge in [-0.15, -0.1) is 5.10 Å². The normalized spacial score (nSPS) is 10.1. The molecular weight excluding hydrogens is 200 g/mol. The third kappa shape index (κ3) is 1.67. The van der Waals surface area contributed by atoms with Crippen molar-refractivity contribution in [1.29, 1.82) is 0 Å². The van der Waals surface area contributed by atoms with E-state index in [0.29, 0.717) is 10.7 Å². The van der Waals surface area contributed by atoms with Crippen molar-refractivity contribution >= 4 is 11.6 Å². The molecule has 1 aromatic carbocycles. The topological polar surface area (TPSA) is 46.0 Å². The van der Waals surface area contributed by atoms with Crippen LogP contribution >= 0.6 is 11.6 Å². The van der Waals surface area contributed by atoms with Crippen LogP contribution in [0.1, 0.15) is 0 Å². The number of aromatic hydroxyl groups is 1. The summed E-state index contributed by atoms with van der Waals surface area (Å²) in [7, 11) is 0. The summed E-state index contributed by atoms with van der Waals surface area (Å²) in [5, 5.41) is 17.2. The molecule has 0 saturated heterocycles. The molecular formula is C10H7ClN2O. The fraction of sp³-hybridized carbons (Fsp3) is 0. The Bertz CT molecular complexity index is 459. The highest BCUT2D eigenvalue weighted by Crippen LogP contribution is 2.28. The van der Waals surface area contributed by atoms with E-state index in [-0.39, 0.29) is 5.75 Å². The standard InChI is InChI=1S/C10H7ClN2O/c11-10-5-7(6-12-13-10)8-3-1-2-4-9(8)14/h1-6,14H. The van der Waals surface area contributed by atoms with Crippen molar-refractivity contribution in [2.45, 2.75) is 0 Å². The lowest BCUT2D eigenvalue weighted by Crippen LogP contribution is -1.84. The zero-order valence-corrected chi connectivity index (χ0v) is 7.94. The molecule has 0 saturated carbocycles. The highest BCUT2D eigenvalue weighted by molar-refractivity contribution is 6.29. The van der Waals surface area contributed by atoms with Crippen LogP contribution < -0.4 is 0 Å². The van der Waals surface area contributed by atoms with Crippen LogP contribution in [-0.2, 0) is 0 Å². The fourth-order valence-corrected chi connectivity index (χ4v) is 1.37. The predicted molar refractivity (Wildman–Crippen MR) is 54.1 cm³/mol. The van der Waals surface area contributed by atoms with Gasteiger partial charge in [0, 0.05) is 11.1 Å². The Morgan fingerprint density at radius 3 is 2.71 bits per heavy atom. The molecule has 0 bridgehead atoms. The Hall–Kier alpha value is -1.61. The van der Waals surface area contributed by atoms with Gasteiger partial charge in [-0.05, 0) is 12.1 Å². The first-order valence-corrected chi connectivity index (χ1v) is 4.42. The summed E-state index contributed by atoms with van der Waals surface area (Å²) in [6.07, 6.45) is 1.56. The summed E-state index contributed by atoms with van der Waals surface area (Å²) in [5.41, 5.74) is 1.45. The molecule has 0 atom stereocenters. The van der Waals surface area contributed by atoms with Crippen LogP contribution in [0.15, 0.2) is 36.5 Å². The SMILES string of the molecule is Oc1ccccc1-c1cnnc(Cl)c1. The van der Waals surface area contributed by atoms with Crippen LogP contribution in [-0.4, -0.2) is 15.3 Å². The van der Waals surface area contributed by atoms with Crippen molar-refractivity contribution in [1.82, 2.24) is 10.2 Å². The smallest absolute Gasteiger partial charge is 0.152 e. The monoisotopic (exact) mass is 206 g/mol. The minimum atomic E-state index is 0.205. The number of phenols is 1. The van der Waals surface area contributed by atoms with Gasteiger partial charge < -0.3 is 5.11 Å². The van der Waals surface area contributed by atoms with Crippen LogP contribution in [0.3, 0.4) is 0 Å². The minimum absolute atomic E-state index is 0.205. The van der Waals surface area contributed by atoms with Gasteiger partial charge in [-0.25, -0.2) is 0 Å². The van der Waals surface area contributed by atoms with Gasteiger partial charge in [-0.1, -0.05) is 29.8 Å². The summed E-state index contributed by atoms with van der Waals surface area (Å²) in [4.78, 5) is 0. The van der Waals surface area contributed by atoms with E-state index in [2.05, 4.69) is 10.2 Å². The van der Waals surface area contributed by atoms with Gasteiger partial charge in [0.15, 0.2) is 5.15 Å². The van der Waals surface area contributed by atoms with Crippen LogP contribution in [0.5, 0.6) is 5.75 Å². The largest absolute Gasteiger partial charge is 0.507 e. The Morgan fingerprint density at radius 1 is 1.21 bits per heavy atom. The molecule has 0 fully saturated rings. The van der Waals surface area contributed by atoms with Crippen molar-refractivity contribution in [2.24, 2.45) is 0 Å². The predicted octanol–water partition coefficient (Wildman–Crippen LogP) is 2.50. The lowest BCUT2D eigenvalue weighted by Gasteiger charge is -2.02. The van der Waals surface area contributed by atoms with E-state index in [1.807, 2.05) is 6.07 Å². The van der Waals surface area contributed by atoms with Gasteiger partial charge in [-0.3, -0.25) is 0 Å². The first-order valence-electron chi connectivity index (χ1n) is 4.04. The minimum Gasteiger partial charge on any atom is -0.507 e. The second-order valence-corrected chi connectivity index (χ2v) is 3.17. The van der Waals surface area contributed by atoms with E-state index in [0.717, 1.165) is 5.56 Å². The maximum absolute atomic E-state index is 9.56. The number of hydrogen-bond donors (Lipinski definition) is 1. The average Bonchev–Trinajstić information content (AvgIpc) is 2.18. The number of phenolic OH excluding ortho intramolecular Hbond substituents is 1. The number of rotatable bonds is 1. The summed E-state index contributed by atoms with van der Waals surface area (Å²) in [5.74, 6) is 0.205. The van der Waals surface area contributed by atoms with E-state index >= 15 is 0 Å². The molecule has 4 heteroatoms. The molecule has 14 heavy (non-hydrogen) atoms. The Kier molecular flexibility index (Phi) is 2.33. The van der Waals surface area contributed by atoms with Gasteiger partial charge >= 0.3 is 0 Å². The highest BCUT2D eigenvalue weighted by Gasteiger charge is 2.03. The van der Waals surface area contributed by atoms with Crippen LogP contribution in [0.2, 0.25) is 5.15 Å². The van der Waals surface area contributed by atoms with Crippen LogP contribution in [0.4, 0.5) is 0 Å². The van der Waals surface area contributed by atoms with Gasteiger partial charge in [0.25, 0.3) is 0 Å². The highest BCUT2D eigenvalue weighted by atomic mass is 35.5. The summed E-state index contributed by atoms with van der Waals surface area (Å²) >= 11 is 5.69. The molecule has 2 rings (SSSR count). The van der Waals surface area contributed by atoms with E-state index in [1.165, 1.54) is 0 Å². The summed E-state index contributed by atoms with van der Waals surface area (Å²) < 4.78 is 0. The van der Waals surface area contributed by atoms with Gasteiger partial charge in [0.1, 0.15) is 5.75 Å². The van der Waals surface area contributed by atoms with Crippen molar-refractivity contribution in [2.75, 3.05) is 0 Å². The maximum atomic E-state index is 9.56. The van der Waals surface area contributed by atoms with Crippen molar-refractivity contribution < 1.29 is 5.11 Å². The second kappa shape index (κ2) is 3.64. The molecule has 0 unspecified atom stereocenters. The third-order valence-electron chi connectivity index (χ3n) is 1.84. The fourth-order valence-electron chi connectivity index (χ4n) is 1.21. The first kappa shape index (κ1) is 8.97. The summed E-state index contributed by atoms with van der Waals surface area (Å²) in [6.45, 7) is 0. The molecule has 2 aromatic rings. The lowest BCUT2D eigenvalue weighted by atomic mass is 10.1. The zero-order chi connectivity index (χ0) is 9.97. The Morgan fingerprint density at radius 2 is 2.00 bits per heavy atom. The number of aromatic nitrogens is 2. The second-order valence-electron chi connectivity index (χ2n) is 2.78. The molecule has 1 heterocycles. The molecule has 0 spiro atoms. The number of nitrogens with zero attached hydrogens (tertiary/aromatic N) is 2. The van der Waals surface area contributed by atoms with Crippen LogP contribution in [0.25, 0.3) is 11.1 Å². The summed E-state index contributed by atoms with van der Waals surface area (Å²) in [6, 6.07) is 8.66. The quantitative estimate of drug-likeness (QED) is 0.780. The maximum Gasteiger partial charge on any atom is 0.152 e. The van der Waals surface area contributed by atoms with E-state index in [9.17, 15) is 5.11 Å². The zero-order valence-electron chi connectivity index (χ0n) is 7.18. The number of hydrogen-bond acceptors (Lipinski definition) is 3. The molecule has 0 aliphatic rings. The van der Waals surface area contributed by atoms with Crippen molar-refractivity contribution in [3.8, 4) is 16.9 Å². The third-order valence-corrected chi connectivity index (χ3v) is 2.02. The molecule has 1 aromatic heterocycles. The molecule has 0 amide bonds. The van der Waals surface area contributed by atoms with E-state index < -0.39 is 0 Å². The molecule has 0 radical (unpaired) electrons. The molecule has 0 aliphatic carbocycles. The van der Waals surface area contributed by atoms with E-state index in [1.54, 1.807) is 30.5 Å². The van der Waals surface area contributed by atoms with Gasteiger partial charge in [0.05, 0.1) is 6.20 Å². The van der Waals surface area contributed by atoms with Crippen LogP contribution in [0, 0.1) is 0 Å².